The molecule has 0 N–H and O–H groups in total. The van der Waals surface area contributed by atoms with Crippen LogP contribution in [-0.2, 0) is 11.2 Å². The maximum Gasteiger partial charge on any atom is 0.231 e. The van der Waals surface area contributed by atoms with Gasteiger partial charge in [-0.25, -0.2) is 4.39 Å². The second kappa shape index (κ2) is 8.43. The van der Waals surface area contributed by atoms with Gasteiger partial charge in [0.2, 0.25) is 17.6 Å². The average Bonchev–Trinajstić information content (AvgIpc) is 3.25. The second-order valence-electron chi connectivity index (χ2n) is 7.13. The molecule has 150 valence electrons. The maximum absolute atomic E-state index is 13.1. The normalized spacial score (nSPS) is 16.6. The van der Waals surface area contributed by atoms with Crippen LogP contribution in [0.4, 0.5) is 4.39 Å². The first-order chi connectivity index (χ1) is 14.1. The molecule has 1 atom stereocenters. The van der Waals surface area contributed by atoms with Gasteiger partial charge in [0.05, 0.1) is 19.4 Å². The Balaban J connectivity index is 1.44. The molecular formula is C22H22FN3O3. The third kappa shape index (κ3) is 4.29. The Morgan fingerprint density at radius 2 is 2.03 bits per heavy atom. The lowest BCUT2D eigenvalue weighted by atomic mass is 9.97. The number of ether oxygens (including phenoxy) is 1. The van der Waals surface area contributed by atoms with Crippen molar-refractivity contribution in [3.63, 3.8) is 0 Å². The standard InChI is InChI=1S/C22H22FN3O3/c1-28-19-7-3-2-5-16(19)13-20(27)26-12-4-6-17(14-26)22-24-21(25-29-22)15-8-10-18(23)11-9-15/h2-3,5,7-11,17H,4,6,12-14H2,1H3. The SMILES string of the molecule is COc1ccccc1CC(=O)N1CCCC(c2nc(-c3ccc(F)cc3)no2)C1. The highest BCUT2D eigenvalue weighted by atomic mass is 19.1. The number of aromatic nitrogens is 2. The minimum absolute atomic E-state index is 0.00735. The summed E-state index contributed by atoms with van der Waals surface area (Å²) >= 11 is 0. The number of para-hydroxylation sites is 1. The van der Waals surface area contributed by atoms with Gasteiger partial charge in [-0.3, -0.25) is 4.79 Å². The molecule has 1 aliphatic heterocycles. The van der Waals surface area contributed by atoms with Crippen molar-refractivity contribution >= 4 is 5.91 Å². The summed E-state index contributed by atoms with van der Waals surface area (Å²) in [4.78, 5) is 19.2. The highest BCUT2D eigenvalue weighted by Crippen LogP contribution is 2.28. The van der Waals surface area contributed by atoms with Crippen molar-refractivity contribution in [1.29, 1.82) is 0 Å². The van der Waals surface area contributed by atoms with Gasteiger partial charge in [0.1, 0.15) is 11.6 Å². The van der Waals surface area contributed by atoms with Crippen LogP contribution >= 0.6 is 0 Å². The molecule has 2 aromatic carbocycles. The van der Waals surface area contributed by atoms with Crippen LogP contribution < -0.4 is 4.74 Å². The number of carbonyl (C=O) groups is 1. The summed E-state index contributed by atoms with van der Waals surface area (Å²) in [5.74, 6) is 1.39. The van der Waals surface area contributed by atoms with E-state index >= 15 is 0 Å². The molecule has 1 aromatic heterocycles. The number of likely N-dealkylation sites (tertiary alicyclic amines) is 1. The molecule has 0 saturated carbocycles. The largest absolute Gasteiger partial charge is 0.496 e. The zero-order valence-electron chi connectivity index (χ0n) is 16.2. The highest BCUT2D eigenvalue weighted by molar-refractivity contribution is 5.79. The highest BCUT2D eigenvalue weighted by Gasteiger charge is 2.29. The van der Waals surface area contributed by atoms with Gasteiger partial charge in [-0.2, -0.15) is 4.98 Å². The molecule has 7 heteroatoms. The van der Waals surface area contributed by atoms with Crippen molar-refractivity contribution in [3.05, 3.63) is 65.8 Å². The van der Waals surface area contributed by atoms with Crippen LogP contribution in [0.3, 0.4) is 0 Å². The van der Waals surface area contributed by atoms with E-state index in [2.05, 4.69) is 10.1 Å². The minimum Gasteiger partial charge on any atom is -0.496 e. The molecule has 3 aromatic rings. The first-order valence-electron chi connectivity index (χ1n) is 9.63. The summed E-state index contributed by atoms with van der Waals surface area (Å²) in [7, 11) is 1.61. The van der Waals surface area contributed by atoms with Gasteiger partial charge in [-0.05, 0) is 43.2 Å². The molecule has 1 unspecified atom stereocenters. The van der Waals surface area contributed by atoms with Crippen LogP contribution in [-0.4, -0.2) is 41.1 Å². The van der Waals surface area contributed by atoms with Crippen molar-refractivity contribution in [2.75, 3.05) is 20.2 Å². The lowest BCUT2D eigenvalue weighted by molar-refractivity contribution is -0.131. The van der Waals surface area contributed by atoms with Gasteiger partial charge >= 0.3 is 0 Å². The Labute approximate surface area is 168 Å². The first kappa shape index (κ1) is 19.1. The molecule has 0 radical (unpaired) electrons. The average molecular weight is 395 g/mol. The van der Waals surface area contributed by atoms with Crippen LogP contribution in [0.1, 0.15) is 30.2 Å². The van der Waals surface area contributed by atoms with Crippen molar-refractivity contribution in [1.82, 2.24) is 15.0 Å². The van der Waals surface area contributed by atoms with E-state index in [1.54, 1.807) is 19.2 Å². The predicted molar refractivity (Wildman–Crippen MR) is 105 cm³/mol. The van der Waals surface area contributed by atoms with E-state index in [0.29, 0.717) is 36.8 Å². The topological polar surface area (TPSA) is 68.5 Å². The third-order valence-corrected chi connectivity index (χ3v) is 5.20. The Bertz CT molecular complexity index is 987. The minimum atomic E-state index is -0.311. The lowest BCUT2D eigenvalue weighted by Crippen LogP contribution is -2.40. The molecule has 4 rings (SSSR count). The summed E-state index contributed by atoms with van der Waals surface area (Å²) in [6, 6.07) is 13.5. The number of amides is 1. The molecule has 29 heavy (non-hydrogen) atoms. The third-order valence-electron chi connectivity index (χ3n) is 5.20. The van der Waals surface area contributed by atoms with Crippen molar-refractivity contribution in [2.45, 2.75) is 25.2 Å². The van der Waals surface area contributed by atoms with Crippen molar-refractivity contribution < 1.29 is 18.4 Å². The summed E-state index contributed by atoms with van der Waals surface area (Å²) in [5.41, 5.74) is 1.57. The second-order valence-corrected chi connectivity index (χ2v) is 7.13. The Hall–Kier alpha value is -3.22. The molecular weight excluding hydrogens is 373 g/mol. The smallest absolute Gasteiger partial charge is 0.231 e. The van der Waals surface area contributed by atoms with Crippen LogP contribution in [0.25, 0.3) is 11.4 Å². The van der Waals surface area contributed by atoms with Crippen LogP contribution in [0.2, 0.25) is 0 Å². The van der Waals surface area contributed by atoms with E-state index in [9.17, 15) is 9.18 Å². The Morgan fingerprint density at radius 1 is 1.24 bits per heavy atom. The van der Waals surface area contributed by atoms with Crippen LogP contribution in [0, 0.1) is 5.82 Å². The van der Waals surface area contributed by atoms with Crippen molar-refractivity contribution in [3.8, 4) is 17.1 Å². The zero-order valence-corrected chi connectivity index (χ0v) is 16.2. The number of rotatable bonds is 5. The van der Waals surface area contributed by atoms with E-state index in [1.165, 1.54) is 12.1 Å². The molecule has 1 aliphatic rings. The van der Waals surface area contributed by atoms with E-state index < -0.39 is 0 Å². The molecule has 0 aliphatic carbocycles. The molecule has 2 heterocycles. The molecule has 0 bridgehead atoms. The summed E-state index contributed by atoms with van der Waals surface area (Å²) in [6.45, 7) is 1.25. The summed E-state index contributed by atoms with van der Waals surface area (Å²) in [5, 5.41) is 4.02. The summed E-state index contributed by atoms with van der Waals surface area (Å²) < 4.78 is 23.9. The Kier molecular flexibility index (Phi) is 5.55. The number of methoxy groups -OCH3 is 1. The van der Waals surface area contributed by atoms with Gasteiger partial charge in [0.25, 0.3) is 0 Å². The van der Waals surface area contributed by atoms with Crippen LogP contribution in [0.15, 0.2) is 53.1 Å². The molecule has 1 amide bonds. The van der Waals surface area contributed by atoms with E-state index in [-0.39, 0.29) is 17.6 Å². The number of piperidine rings is 1. The summed E-state index contributed by atoms with van der Waals surface area (Å²) in [6.07, 6.45) is 2.04. The Morgan fingerprint density at radius 3 is 2.83 bits per heavy atom. The maximum atomic E-state index is 13.1. The number of hydrogen-bond donors (Lipinski definition) is 0. The van der Waals surface area contributed by atoms with E-state index in [4.69, 9.17) is 9.26 Å². The first-order valence-corrected chi connectivity index (χ1v) is 9.63. The van der Waals surface area contributed by atoms with Gasteiger partial charge < -0.3 is 14.2 Å². The fourth-order valence-corrected chi connectivity index (χ4v) is 3.65. The predicted octanol–water partition coefficient (Wildman–Crippen LogP) is 3.83. The number of halogens is 1. The fourth-order valence-electron chi connectivity index (χ4n) is 3.65. The van der Waals surface area contributed by atoms with Gasteiger partial charge in [0, 0.05) is 24.2 Å². The number of hydrogen-bond acceptors (Lipinski definition) is 5. The quantitative estimate of drug-likeness (QED) is 0.657. The molecule has 6 nitrogen and oxygen atoms in total. The van der Waals surface area contributed by atoms with Gasteiger partial charge in [-0.15, -0.1) is 0 Å². The fraction of sp³-hybridized carbons (Fsp3) is 0.318. The van der Waals surface area contributed by atoms with Gasteiger partial charge in [-0.1, -0.05) is 23.4 Å². The van der Waals surface area contributed by atoms with Crippen molar-refractivity contribution in [2.24, 2.45) is 0 Å². The van der Waals surface area contributed by atoms with E-state index in [1.807, 2.05) is 29.2 Å². The monoisotopic (exact) mass is 395 g/mol. The lowest BCUT2D eigenvalue weighted by Gasteiger charge is -2.31. The van der Waals surface area contributed by atoms with Gasteiger partial charge in [0.15, 0.2) is 0 Å². The molecule has 0 spiro atoms. The molecule has 1 fully saturated rings. The van der Waals surface area contributed by atoms with Crippen LogP contribution in [0.5, 0.6) is 5.75 Å². The number of benzene rings is 2. The number of nitrogens with zero attached hydrogens (tertiary/aromatic N) is 3. The van der Waals surface area contributed by atoms with E-state index in [0.717, 1.165) is 24.2 Å². The molecule has 1 saturated heterocycles. The zero-order chi connectivity index (χ0) is 20.2. The number of carbonyl (C=O) groups excluding carboxylic acids is 1.